The maximum absolute atomic E-state index is 14.3. The maximum atomic E-state index is 14.3. The van der Waals surface area contributed by atoms with E-state index in [1.807, 2.05) is 24.6 Å². The number of nitrogens with two attached hydrogens (primary N) is 1. The number of nitrogens with one attached hydrogen (secondary N) is 1. The Labute approximate surface area is 211 Å². The minimum absolute atomic E-state index is 0.0279. The van der Waals surface area contributed by atoms with E-state index in [1.54, 1.807) is 12.3 Å². The van der Waals surface area contributed by atoms with Crippen LogP contribution in [0.4, 0.5) is 20.2 Å². The molecule has 3 heterocycles. The number of carbonyl (C=O) groups is 1. The molecule has 192 valence electrons. The van der Waals surface area contributed by atoms with Crippen LogP contribution >= 0.6 is 0 Å². The lowest BCUT2D eigenvalue weighted by molar-refractivity contribution is 0.102. The molecule has 0 unspecified atom stereocenters. The van der Waals surface area contributed by atoms with Crippen LogP contribution in [0, 0.1) is 17.6 Å². The molecule has 4 aromatic rings. The maximum Gasteiger partial charge on any atom is 0.276 e. The first-order valence-electron chi connectivity index (χ1n) is 12.0. The van der Waals surface area contributed by atoms with Crippen LogP contribution in [0.2, 0.25) is 0 Å². The van der Waals surface area contributed by atoms with Crippen molar-refractivity contribution in [1.82, 2.24) is 19.6 Å². The molecule has 1 aliphatic rings. The molecule has 0 saturated carbocycles. The van der Waals surface area contributed by atoms with E-state index in [0.717, 1.165) is 34.8 Å². The molecule has 1 aliphatic heterocycles. The zero-order chi connectivity index (χ0) is 26.4. The number of hydrogen-bond acceptors (Lipinski definition) is 6. The quantitative estimate of drug-likeness (QED) is 0.428. The molecule has 2 aromatic carbocycles. The van der Waals surface area contributed by atoms with Crippen molar-refractivity contribution in [1.29, 1.82) is 0 Å². The van der Waals surface area contributed by atoms with Crippen molar-refractivity contribution in [2.75, 3.05) is 23.3 Å². The van der Waals surface area contributed by atoms with Gasteiger partial charge in [0.1, 0.15) is 11.4 Å². The predicted molar refractivity (Wildman–Crippen MR) is 137 cm³/mol. The lowest BCUT2D eigenvalue weighted by Gasteiger charge is -2.23. The molecule has 1 amide bonds. The van der Waals surface area contributed by atoms with Gasteiger partial charge in [0.25, 0.3) is 11.5 Å². The summed E-state index contributed by atoms with van der Waals surface area (Å²) in [5.41, 5.74) is 6.91. The number of nitrogens with zero attached hydrogens (tertiary/aromatic N) is 5. The van der Waals surface area contributed by atoms with E-state index in [9.17, 15) is 18.4 Å². The Balaban J connectivity index is 1.56. The number of carbonyl (C=O) groups excluding carboxylic acids is 1. The molecular weight excluding hydrogens is 480 g/mol. The molecule has 37 heavy (non-hydrogen) atoms. The van der Waals surface area contributed by atoms with E-state index in [2.05, 4.69) is 27.3 Å². The molecule has 0 radical (unpaired) electrons. The molecule has 0 spiro atoms. The second kappa shape index (κ2) is 9.40. The van der Waals surface area contributed by atoms with Crippen molar-refractivity contribution in [3.05, 3.63) is 76.3 Å². The molecule has 2 aromatic heterocycles. The van der Waals surface area contributed by atoms with E-state index in [-0.39, 0.29) is 23.7 Å². The summed E-state index contributed by atoms with van der Waals surface area (Å²) in [6.45, 7) is 7.45. The highest BCUT2D eigenvalue weighted by molar-refractivity contribution is 6.09. The van der Waals surface area contributed by atoms with Gasteiger partial charge in [-0.05, 0) is 50.1 Å². The SMILES string of the molecule is CC(C)n1ncc2c(N3C[C@H](C)[C@@H](N)C3)c(NC(=O)c3ccc(=O)n(-c4c(F)cccc4F)n3)ccc21. The minimum Gasteiger partial charge on any atom is -0.367 e. The van der Waals surface area contributed by atoms with Gasteiger partial charge in [-0.25, -0.2) is 8.78 Å². The Kier molecular flexibility index (Phi) is 6.24. The number of amides is 1. The number of rotatable bonds is 5. The Hall–Kier alpha value is -4.12. The van der Waals surface area contributed by atoms with Crippen molar-refractivity contribution in [2.45, 2.75) is 32.9 Å². The molecular formula is C26H27F2N7O2. The average Bonchev–Trinajstić information content (AvgIpc) is 3.42. The molecule has 9 nitrogen and oxygen atoms in total. The standard InChI is InChI=1S/C26H27F2N7O2/c1-14(2)34-22-9-7-20(24(16(22)11-30-34)33-12-15(3)19(29)13-33)31-26(37)21-8-10-23(36)35(32-21)25-17(27)5-4-6-18(25)28/h4-11,14-15,19H,12-13,29H2,1-3H3,(H,31,37)/t15-,19-/m0/s1. The van der Waals surface area contributed by atoms with Gasteiger partial charge in [0, 0.05) is 36.6 Å². The fourth-order valence-corrected chi connectivity index (χ4v) is 4.70. The molecule has 3 N–H and O–H groups in total. The third-order valence-corrected chi connectivity index (χ3v) is 6.66. The Bertz CT molecular complexity index is 1530. The van der Waals surface area contributed by atoms with Gasteiger partial charge in [0.05, 0.1) is 23.1 Å². The first-order chi connectivity index (χ1) is 17.7. The van der Waals surface area contributed by atoms with Gasteiger partial charge in [-0.1, -0.05) is 13.0 Å². The average molecular weight is 508 g/mol. The summed E-state index contributed by atoms with van der Waals surface area (Å²) in [5.74, 6) is -2.33. The van der Waals surface area contributed by atoms with Crippen LogP contribution in [0.15, 0.2) is 53.5 Å². The van der Waals surface area contributed by atoms with Crippen LogP contribution in [0.1, 0.15) is 37.3 Å². The Morgan fingerprint density at radius 3 is 2.46 bits per heavy atom. The van der Waals surface area contributed by atoms with Crippen LogP contribution in [0.5, 0.6) is 0 Å². The summed E-state index contributed by atoms with van der Waals surface area (Å²) in [4.78, 5) is 27.8. The number of hydrogen-bond donors (Lipinski definition) is 2. The monoisotopic (exact) mass is 507 g/mol. The Morgan fingerprint density at radius 2 is 1.81 bits per heavy atom. The molecule has 0 bridgehead atoms. The number of aromatic nitrogens is 4. The van der Waals surface area contributed by atoms with Gasteiger partial charge in [-0.15, -0.1) is 0 Å². The molecule has 1 saturated heterocycles. The van der Waals surface area contributed by atoms with Crippen LogP contribution < -0.4 is 21.5 Å². The fourth-order valence-electron chi connectivity index (χ4n) is 4.70. The van der Waals surface area contributed by atoms with Crippen molar-refractivity contribution in [3.63, 3.8) is 0 Å². The van der Waals surface area contributed by atoms with Crippen LogP contribution in [0.3, 0.4) is 0 Å². The first kappa shape index (κ1) is 24.6. The molecule has 11 heteroatoms. The lowest BCUT2D eigenvalue weighted by Crippen LogP contribution is -2.29. The lowest BCUT2D eigenvalue weighted by atomic mass is 10.1. The highest BCUT2D eigenvalue weighted by Crippen LogP contribution is 2.38. The summed E-state index contributed by atoms with van der Waals surface area (Å²) >= 11 is 0. The highest BCUT2D eigenvalue weighted by Gasteiger charge is 2.30. The van der Waals surface area contributed by atoms with Crippen LogP contribution in [0.25, 0.3) is 16.6 Å². The topological polar surface area (TPSA) is 111 Å². The van der Waals surface area contributed by atoms with E-state index < -0.39 is 28.8 Å². The van der Waals surface area contributed by atoms with Gasteiger partial charge in [0.2, 0.25) is 0 Å². The van der Waals surface area contributed by atoms with Gasteiger partial charge in [-0.3, -0.25) is 14.3 Å². The van der Waals surface area contributed by atoms with Crippen molar-refractivity contribution in [2.24, 2.45) is 11.7 Å². The van der Waals surface area contributed by atoms with Crippen molar-refractivity contribution < 1.29 is 13.6 Å². The van der Waals surface area contributed by atoms with Gasteiger partial charge < -0.3 is 16.0 Å². The van der Waals surface area contributed by atoms with Crippen LogP contribution in [-0.2, 0) is 0 Å². The Morgan fingerprint density at radius 1 is 1.08 bits per heavy atom. The van der Waals surface area contributed by atoms with Gasteiger partial charge in [0.15, 0.2) is 11.6 Å². The zero-order valence-corrected chi connectivity index (χ0v) is 20.7. The summed E-state index contributed by atoms with van der Waals surface area (Å²) in [6.07, 6.45) is 1.77. The fraction of sp³-hybridized carbons (Fsp3) is 0.308. The molecule has 5 rings (SSSR count). The molecule has 0 aliphatic carbocycles. The number of benzene rings is 2. The van der Waals surface area contributed by atoms with Crippen molar-refractivity contribution >= 4 is 28.2 Å². The summed E-state index contributed by atoms with van der Waals surface area (Å²) < 4.78 is 31.1. The van der Waals surface area contributed by atoms with E-state index in [4.69, 9.17) is 5.73 Å². The predicted octanol–water partition coefficient (Wildman–Crippen LogP) is 3.48. The number of anilines is 2. The first-order valence-corrected chi connectivity index (χ1v) is 12.0. The normalized spacial score (nSPS) is 17.6. The third-order valence-electron chi connectivity index (χ3n) is 6.66. The summed E-state index contributed by atoms with van der Waals surface area (Å²) in [7, 11) is 0. The van der Waals surface area contributed by atoms with Crippen molar-refractivity contribution in [3.8, 4) is 5.69 Å². The smallest absolute Gasteiger partial charge is 0.276 e. The van der Waals surface area contributed by atoms with E-state index >= 15 is 0 Å². The molecule has 2 atom stereocenters. The van der Waals surface area contributed by atoms with Gasteiger partial charge in [-0.2, -0.15) is 14.9 Å². The van der Waals surface area contributed by atoms with Gasteiger partial charge >= 0.3 is 0 Å². The second-order valence-corrected chi connectivity index (χ2v) is 9.62. The number of para-hydroxylation sites is 1. The summed E-state index contributed by atoms with van der Waals surface area (Å²) in [5, 5.41) is 12.2. The zero-order valence-electron chi connectivity index (χ0n) is 20.7. The largest absolute Gasteiger partial charge is 0.367 e. The van der Waals surface area contributed by atoms with Crippen LogP contribution in [-0.4, -0.2) is 44.6 Å². The summed E-state index contributed by atoms with van der Waals surface area (Å²) in [6, 6.07) is 9.25. The van der Waals surface area contributed by atoms with E-state index in [1.165, 1.54) is 12.1 Å². The second-order valence-electron chi connectivity index (χ2n) is 9.62. The number of halogens is 2. The minimum atomic E-state index is -0.971. The molecule has 1 fully saturated rings. The number of fused-ring (bicyclic) bond motifs is 1. The third kappa shape index (κ3) is 4.35. The van der Waals surface area contributed by atoms with E-state index in [0.29, 0.717) is 23.5 Å². The highest BCUT2D eigenvalue weighted by atomic mass is 19.1.